The number of aryl methyl sites for hydroxylation is 1. The average Bonchev–Trinajstić information content (AvgIpc) is 3.11. The third-order valence-electron chi connectivity index (χ3n) is 3.60. The molecule has 0 atom stereocenters. The summed E-state index contributed by atoms with van der Waals surface area (Å²) in [7, 11) is 0. The van der Waals surface area contributed by atoms with Gasteiger partial charge in [-0.05, 0) is 18.6 Å². The van der Waals surface area contributed by atoms with Crippen molar-refractivity contribution in [3.8, 4) is 5.82 Å². The molecule has 25 heavy (non-hydrogen) atoms. The minimum absolute atomic E-state index is 0.0916. The van der Waals surface area contributed by atoms with Crippen LogP contribution in [-0.4, -0.2) is 37.0 Å². The van der Waals surface area contributed by atoms with Gasteiger partial charge in [-0.25, -0.2) is 14.3 Å². The molecule has 0 unspecified atom stereocenters. The quantitative estimate of drug-likeness (QED) is 0.706. The van der Waals surface area contributed by atoms with Gasteiger partial charge in [0.1, 0.15) is 12.7 Å². The Labute approximate surface area is 144 Å². The summed E-state index contributed by atoms with van der Waals surface area (Å²) in [5, 5.41) is 11.0. The normalized spacial score (nSPS) is 10.6. The maximum Gasteiger partial charge on any atom is 0.266 e. The Hall–Kier alpha value is -3.29. The molecule has 0 aliphatic carbocycles. The van der Waals surface area contributed by atoms with Crippen LogP contribution in [0.1, 0.15) is 11.1 Å². The fourth-order valence-corrected chi connectivity index (χ4v) is 2.42. The van der Waals surface area contributed by atoms with Gasteiger partial charge in [-0.15, -0.1) is 5.10 Å². The fourth-order valence-electron chi connectivity index (χ4n) is 2.42. The van der Waals surface area contributed by atoms with Crippen molar-refractivity contribution in [1.29, 1.82) is 0 Å². The van der Waals surface area contributed by atoms with Crippen molar-refractivity contribution < 1.29 is 4.79 Å². The van der Waals surface area contributed by atoms with Gasteiger partial charge in [0.2, 0.25) is 5.91 Å². The summed E-state index contributed by atoms with van der Waals surface area (Å²) >= 11 is 0. The predicted molar refractivity (Wildman–Crippen MR) is 91.3 cm³/mol. The van der Waals surface area contributed by atoms with E-state index in [1.807, 2.05) is 31.2 Å². The molecule has 1 N–H and O–H groups in total. The first kappa shape index (κ1) is 16.6. The molecule has 0 fully saturated rings. The van der Waals surface area contributed by atoms with Gasteiger partial charge in [-0.2, -0.15) is 5.10 Å². The lowest BCUT2D eigenvalue weighted by molar-refractivity contribution is -0.120. The van der Waals surface area contributed by atoms with Gasteiger partial charge < -0.3 is 5.32 Å². The molecule has 8 nitrogen and oxygen atoms in total. The molecule has 1 amide bonds. The number of benzene rings is 1. The Morgan fingerprint density at radius 1 is 1.24 bits per heavy atom. The highest BCUT2D eigenvalue weighted by Gasteiger charge is 2.06. The zero-order valence-corrected chi connectivity index (χ0v) is 13.8. The van der Waals surface area contributed by atoms with Gasteiger partial charge in [0.05, 0.1) is 13.0 Å². The van der Waals surface area contributed by atoms with Gasteiger partial charge in [-0.3, -0.25) is 9.59 Å². The predicted octanol–water partition coefficient (Wildman–Crippen LogP) is 0.491. The molecule has 0 bridgehead atoms. The summed E-state index contributed by atoms with van der Waals surface area (Å²) in [6.07, 6.45) is 3.20. The number of carbonyl (C=O) groups excluding carboxylic acids is 1. The molecule has 2 heterocycles. The van der Waals surface area contributed by atoms with Crippen LogP contribution < -0.4 is 10.9 Å². The number of nitrogens with one attached hydrogen (secondary N) is 1. The smallest absolute Gasteiger partial charge is 0.266 e. The molecule has 3 aromatic rings. The van der Waals surface area contributed by atoms with E-state index in [0.717, 1.165) is 11.1 Å². The maximum atomic E-state index is 12.0. The second-order valence-electron chi connectivity index (χ2n) is 5.61. The first-order valence-electron chi connectivity index (χ1n) is 7.87. The number of hydrogen-bond acceptors (Lipinski definition) is 5. The molecule has 0 saturated carbocycles. The topological polar surface area (TPSA) is 94.7 Å². The molecule has 0 spiro atoms. The monoisotopic (exact) mass is 338 g/mol. The first-order chi connectivity index (χ1) is 12.1. The summed E-state index contributed by atoms with van der Waals surface area (Å²) < 4.78 is 2.76. The first-order valence-corrected chi connectivity index (χ1v) is 7.87. The Morgan fingerprint density at radius 2 is 2.12 bits per heavy atom. The van der Waals surface area contributed by atoms with Crippen LogP contribution in [0, 0.1) is 6.92 Å². The minimum atomic E-state index is -0.239. The second kappa shape index (κ2) is 7.52. The lowest BCUT2D eigenvalue weighted by Crippen LogP contribution is -2.33. The molecule has 1 aromatic carbocycles. The molecule has 0 aliphatic rings. The maximum absolute atomic E-state index is 12.0. The van der Waals surface area contributed by atoms with Crippen LogP contribution in [0.15, 0.2) is 53.8 Å². The molecule has 8 heteroatoms. The summed E-state index contributed by atoms with van der Waals surface area (Å²) in [6, 6.07) is 10.8. The Bertz CT molecular complexity index is 917. The van der Waals surface area contributed by atoms with Crippen molar-refractivity contribution >= 4 is 5.91 Å². The lowest BCUT2D eigenvalue weighted by Gasteiger charge is -2.08. The molecule has 3 rings (SSSR count). The van der Waals surface area contributed by atoms with Crippen LogP contribution in [0.4, 0.5) is 0 Å². The standard InChI is InChI=1S/C17H18N6O2/c1-13-3-2-4-14(9-13)10-16(24)19-7-8-22-17(25)6-5-15(21-22)23-12-18-11-20-23/h2-6,9,11-12H,7-8,10H2,1H3,(H,19,24). The van der Waals surface area contributed by atoms with Crippen molar-refractivity contribution in [1.82, 2.24) is 29.9 Å². The highest BCUT2D eigenvalue weighted by molar-refractivity contribution is 5.78. The average molecular weight is 338 g/mol. The van der Waals surface area contributed by atoms with Crippen molar-refractivity contribution in [2.75, 3.05) is 6.54 Å². The van der Waals surface area contributed by atoms with Crippen LogP contribution >= 0.6 is 0 Å². The van der Waals surface area contributed by atoms with E-state index in [1.54, 1.807) is 6.07 Å². The van der Waals surface area contributed by atoms with Crippen LogP contribution in [0.25, 0.3) is 5.82 Å². The lowest BCUT2D eigenvalue weighted by atomic mass is 10.1. The molecular formula is C17H18N6O2. The Balaban J connectivity index is 1.57. The van der Waals surface area contributed by atoms with E-state index in [-0.39, 0.29) is 18.0 Å². The molecule has 128 valence electrons. The van der Waals surface area contributed by atoms with Gasteiger partial charge in [0, 0.05) is 12.6 Å². The van der Waals surface area contributed by atoms with Crippen molar-refractivity contribution in [2.45, 2.75) is 19.9 Å². The highest BCUT2D eigenvalue weighted by Crippen LogP contribution is 2.04. The Kier molecular flexibility index (Phi) is 4.98. The van der Waals surface area contributed by atoms with E-state index >= 15 is 0 Å². The van der Waals surface area contributed by atoms with Gasteiger partial charge in [-0.1, -0.05) is 29.8 Å². The minimum Gasteiger partial charge on any atom is -0.354 e. The largest absolute Gasteiger partial charge is 0.354 e. The van der Waals surface area contributed by atoms with Gasteiger partial charge in [0.25, 0.3) is 5.56 Å². The second-order valence-corrected chi connectivity index (χ2v) is 5.61. The third kappa shape index (κ3) is 4.37. The van der Waals surface area contributed by atoms with E-state index in [9.17, 15) is 9.59 Å². The van der Waals surface area contributed by atoms with Gasteiger partial charge >= 0.3 is 0 Å². The van der Waals surface area contributed by atoms with Crippen molar-refractivity contribution in [2.24, 2.45) is 0 Å². The molecule has 0 aliphatic heterocycles. The molecule has 0 saturated heterocycles. The number of aromatic nitrogens is 5. The number of carbonyl (C=O) groups is 1. The Morgan fingerprint density at radius 3 is 2.88 bits per heavy atom. The number of hydrogen-bond donors (Lipinski definition) is 1. The molecule has 2 aromatic heterocycles. The summed E-state index contributed by atoms with van der Waals surface area (Å²) in [5.74, 6) is 0.397. The fraction of sp³-hybridized carbons (Fsp3) is 0.235. The summed E-state index contributed by atoms with van der Waals surface area (Å²) in [4.78, 5) is 27.7. The third-order valence-corrected chi connectivity index (χ3v) is 3.60. The van der Waals surface area contributed by atoms with Crippen LogP contribution in [0.3, 0.4) is 0 Å². The van der Waals surface area contributed by atoms with E-state index in [1.165, 1.54) is 28.1 Å². The highest BCUT2D eigenvalue weighted by atomic mass is 16.1. The molecule has 0 radical (unpaired) electrons. The van der Waals surface area contributed by atoms with E-state index in [4.69, 9.17) is 0 Å². The van der Waals surface area contributed by atoms with Crippen LogP contribution in [0.5, 0.6) is 0 Å². The SMILES string of the molecule is Cc1cccc(CC(=O)NCCn2nc(-n3cncn3)ccc2=O)c1. The van der Waals surface area contributed by atoms with E-state index in [2.05, 4.69) is 20.5 Å². The number of amides is 1. The summed E-state index contributed by atoms with van der Waals surface area (Å²) in [5.41, 5.74) is 1.84. The van der Waals surface area contributed by atoms with Crippen molar-refractivity contribution in [3.63, 3.8) is 0 Å². The number of nitrogens with zero attached hydrogens (tertiary/aromatic N) is 5. The zero-order valence-electron chi connectivity index (χ0n) is 13.8. The molecular weight excluding hydrogens is 320 g/mol. The van der Waals surface area contributed by atoms with Crippen molar-refractivity contribution in [3.05, 3.63) is 70.5 Å². The van der Waals surface area contributed by atoms with Crippen LogP contribution in [0.2, 0.25) is 0 Å². The van der Waals surface area contributed by atoms with E-state index in [0.29, 0.717) is 18.8 Å². The summed E-state index contributed by atoms with van der Waals surface area (Å²) in [6.45, 7) is 2.58. The van der Waals surface area contributed by atoms with Gasteiger partial charge in [0.15, 0.2) is 5.82 Å². The zero-order chi connectivity index (χ0) is 17.6. The van der Waals surface area contributed by atoms with E-state index < -0.39 is 0 Å². The van der Waals surface area contributed by atoms with Crippen LogP contribution in [-0.2, 0) is 17.8 Å². The number of rotatable bonds is 6.